The van der Waals surface area contributed by atoms with Crippen LogP contribution in [0.1, 0.15) is 30.4 Å². The Morgan fingerprint density at radius 2 is 1.79 bits per heavy atom. The van der Waals surface area contributed by atoms with Crippen molar-refractivity contribution in [1.29, 1.82) is 0 Å². The molecule has 0 aliphatic rings. The van der Waals surface area contributed by atoms with Crippen molar-refractivity contribution in [2.45, 2.75) is 25.7 Å². The Morgan fingerprint density at radius 1 is 1.07 bits per heavy atom. The summed E-state index contributed by atoms with van der Waals surface area (Å²) in [6.45, 7) is 1.58. The Morgan fingerprint density at radius 3 is 2.43 bits per heavy atom. The van der Waals surface area contributed by atoms with Crippen molar-refractivity contribution in [2.24, 2.45) is 0 Å². The van der Waals surface area contributed by atoms with Gasteiger partial charge in [-0.15, -0.1) is 0 Å². The molecule has 7 heteroatoms. The summed E-state index contributed by atoms with van der Waals surface area (Å²) in [5.74, 6) is -0.775. The first-order valence-electron chi connectivity index (χ1n) is 8.88. The molecule has 0 saturated heterocycles. The number of hydrogen-bond donors (Lipinski definition) is 3. The van der Waals surface area contributed by atoms with Crippen LogP contribution in [0.15, 0.2) is 48.5 Å². The second-order valence-electron chi connectivity index (χ2n) is 6.47. The van der Waals surface area contributed by atoms with Crippen LogP contribution in [0.2, 0.25) is 0 Å². The average molecular weight is 384 g/mol. The van der Waals surface area contributed by atoms with E-state index in [9.17, 15) is 14.4 Å². The van der Waals surface area contributed by atoms with Crippen LogP contribution in [-0.4, -0.2) is 36.5 Å². The third-order valence-corrected chi connectivity index (χ3v) is 4.19. The lowest BCUT2D eigenvalue weighted by molar-refractivity contribution is -0.137. The monoisotopic (exact) mass is 384 g/mol. The third kappa shape index (κ3) is 6.75. The van der Waals surface area contributed by atoms with Gasteiger partial charge < -0.3 is 20.5 Å². The lowest BCUT2D eigenvalue weighted by Gasteiger charge is -2.13. The Labute approximate surface area is 163 Å². The highest BCUT2D eigenvalue weighted by Crippen LogP contribution is 2.23. The van der Waals surface area contributed by atoms with E-state index in [1.165, 1.54) is 0 Å². The number of amides is 2. The standard InChI is InChI=1S/C21H24N2O5/c1-14(16-4-3-5-18(12-16)28-2)10-20(25)23-17-8-6-15(7-9-17)11-19(24)22-13-21(26)27/h3-9,12,14H,10-11,13H2,1-2H3,(H,22,24)(H,23,25)(H,26,27). The van der Waals surface area contributed by atoms with E-state index in [1.807, 2.05) is 31.2 Å². The SMILES string of the molecule is COc1cccc(C(C)CC(=O)Nc2ccc(CC(=O)NCC(=O)O)cc2)c1. The Kier molecular flexibility index (Phi) is 7.56. The summed E-state index contributed by atoms with van der Waals surface area (Å²) in [5, 5.41) is 13.7. The molecule has 2 aromatic carbocycles. The summed E-state index contributed by atoms with van der Waals surface area (Å²) < 4.78 is 5.21. The van der Waals surface area contributed by atoms with E-state index in [0.717, 1.165) is 16.9 Å². The van der Waals surface area contributed by atoms with E-state index in [4.69, 9.17) is 9.84 Å². The molecule has 7 nitrogen and oxygen atoms in total. The van der Waals surface area contributed by atoms with Crippen LogP contribution < -0.4 is 15.4 Å². The molecule has 1 atom stereocenters. The number of carboxylic acids is 1. The molecule has 1 unspecified atom stereocenters. The van der Waals surface area contributed by atoms with Gasteiger partial charge in [0.15, 0.2) is 0 Å². The Hall–Kier alpha value is -3.35. The van der Waals surface area contributed by atoms with Crippen molar-refractivity contribution < 1.29 is 24.2 Å². The first kappa shape index (κ1) is 21.0. The first-order valence-corrected chi connectivity index (χ1v) is 8.88. The van der Waals surface area contributed by atoms with Crippen LogP contribution in [-0.2, 0) is 20.8 Å². The smallest absolute Gasteiger partial charge is 0.322 e. The summed E-state index contributed by atoms with van der Waals surface area (Å²) in [4.78, 5) is 34.4. The van der Waals surface area contributed by atoms with Gasteiger partial charge in [-0.25, -0.2) is 0 Å². The van der Waals surface area contributed by atoms with E-state index in [-0.39, 0.29) is 24.2 Å². The highest BCUT2D eigenvalue weighted by atomic mass is 16.5. The fourth-order valence-corrected chi connectivity index (χ4v) is 2.68. The molecule has 0 radical (unpaired) electrons. The molecule has 0 aliphatic heterocycles. The van der Waals surface area contributed by atoms with Crippen molar-refractivity contribution in [2.75, 3.05) is 19.0 Å². The van der Waals surface area contributed by atoms with Gasteiger partial charge in [0.25, 0.3) is 0 Å². The van der Waals surface area contributed by atoms with Gasteiger partial charge in [-0.3, -0.25) is 14.4 Å². The lowest BCUT2D eigenvalue weighted by Crippen LogP contribution is -2.30. The summed E-state index contributed by atoms with van der Waals surface area (Å²) in [6.07, 6.45) is 0.404. The van der Waals surface area contributed by atoms with Gasteiger partial charge >= 0.3 is 5.97 Å². The van der Waals surface area contributed by atoms with E-state index in [1.54, 1.807) is 31.4 Å². The molecule has 0 heterocycles. The van der Waals surface area contributed by atoms with Crippen LogP contribution >= 0.6 is 0 Å². The van der Waals surface area contributed by atoms with Crippen molar-refractivity contribution >= 4 is 23.5 Å². The number of carbonyl (C=O) groups is 3. The molecular weight excluding hydrogens is 360 g/mol. The topological polar surface area (TPSA) is 105 Å². The third-order valence-electron chi connectivity index (χ3n) is 4.19. The lowest BCUT2D eigenvalue weighted by atomic mass is 9.97. The maximum Gasteiger partial charge on any atom is 0.322 e. The number of hydrogen-bond acceptors (Lipinski definition) is 4. The fraction of sp³-hybridized carbons (Fsp3) is 0.286. The maximum atomic E-state index is 12.3. The summed E-state index contributed by atoms with van der Waals surface area (Å²) in [7, 11) is 1.61. The Balaban J connectivity index is 1.86. The largest absolute Gasteiger partial charge is 0.497 e. The van der Waals surface area contributed by atoms with Crippen LogP contribution in [0.5, 0.6) is 5.75 Å². The van der Waals surface area contributed by atoms with Gasteiger partial charge in [0.1, 0.15) is 12.3 Å². The number of anilines is 1. The molecule has 148 valence electrons. The summed E-state index contributed by atoms with van der Waals surface area (Å²) >= 11 is 0. The fourth-order valence-electron chi connectivity index (χ4n) is 2.68. The van der Waals surface area contributed by atoms with Gasteiger partial charge in [-0.2, -0.15) is 0 Å². The number of carbonyl (C=O) groups excluding carboxylic acids is 2. The van der Waals surface area contributed by atoms with E-state index < -0.39 is 12.5 Å². The zero-order chi connectivity index (χ0) is 20.5. The minimum atomic E-state index is -1.09. The van der Waals surface area contributed by atoms with Gasteiger partial charge in [0.05, 0.1) is 13.5 Å². The molecule has 0 aliphatic carbocycles. The quantitative estimate of drug-likeness (QED) is 0.616. The number of carboxylic acid groups (broad SMARTS) is 1. The summed E-state index contributed by atoms with van der Waals surface area (Å²) in [6, 6.07) is 14.5. The number of aliphatic carboxylic acids is 1. The first-order chi connectivity index (χ1) is 13.4. The van der Waals surface area contributed by atoms with Gasteiger partial charge in [-0.05, 0) is 41.3 Å². The van der Waals surface area contributed by atoms with Gasteiger partial charge in [0, 0.05) is 12.1 Å². The maximum absolute atomic E-state index is 12.3. The van der Waals surface area contributed by atoms with Crippen molar-refractivity contribution in [3.8, 4) is 5.75 Å². The Bertz CT molecular complexity index is 833. The number of benzene rings is 2. The molecule has 0 fully saturated rings. The van der Waals surface area contributed by atoms with Crippen LogP contribution in [0, 0.1) is 0 Å². The number of methoxy groups -OCH3 is 1. The van der Waals surface area contributed by atoms with E-state index in [2.05, 4.69) is 10.6 Å². The average Bonchev–Trinajstić information content (AvgIpc) is 2.68. The van der Waals surface area contributed by atoms with Crippen LogP contribution in [0.4, 0.5) is 5.69 Å². The molecular formula is C21H24N2O5. The predicted molar refractivity (Wildman–Crippen MR) is 105 cm³/mol. The molecule has 0 bridgehead atoms. The minimum Gasteiger partial charge on any atom is -0.497 e. The highest BCUT2D eigenvalue weighted by molar-refractivity contribution is 5.91. The molecule has 0 saturated carbocycles. The normalized spacial score (nSPS) is 11.4. The number of nitrogens with one attached hydrogen (secondary N) is 2. The van der Waals surface area contributed by atoms with Crippen molar-refractivity contribution in [3.63, 3.8) is 0 Å². The molecule has 2 rings (SSSR count). The molecule has 2 aromatic rings. The second kappa shape index (κ2) is 10.1. The predicted octanol–water partition coefficient (Wildman–Crippen LogP) is 2.57. The summed E-state index contributed by atoms with van der Waals surface area (Å²) in [5.41, 5.74) is 2.39. The number of ether oxygens (including phenoxy) is 1. The molecule has 0 spiro atoms. The highest BCUT2D eigenvalue weighted by Gasteiger charge is 2.12. The van der Waals surface area contributed by atoms with Crippen molar-refractivity contribution in [1.82, 2.24) is 5.32 Å². The van der Waals surface area contributed by atoms with Crippen molar-refractivity contribution in [3.05, 3.63) is 59.7 Å². The van der Waals surface area contributed by atoms with E-state index in [0.29, 0.717) is 12.1 Å². The van der Waals surface area contributed by atoms with Crippen LogP contribution in [0.25, 0.3) is 0 Å². The zero-order valence-corrected chi connectivity index (χ0v) is 15.9. The van der Waals surface area contributed by atoms with Gasteiger partial charge in [0.2, 0.25) is 11.8 Å². The molecule has 2 amide bonds. The van der Waals surface area contributed by atoms with Gasteiger partial charge in [-0.1, -0.05) is 31.2 Å². The minimum absolute atomic E-state index is 0.0345. The zero-order valence-electron chi connectivity index (χ0n) is 15.9. The second-order valence-corrected chi connectivity index (χ2v) is 6.47. The van der Waals surface area contributed by atoms with Crippen LogP contribution in [0.3, 0.4) is 0 Å². The van der Waals surface area contributed by atoms with E-state index >= 15 is 0 Å². The molecule has 0 aromatic heterocycles. The molecule has 3 N–H and O–H groups in total. The number of rotatable bonds is 9. The molecule has 28 heavy (non-hydrogen) atoms.